The number of methoxy groups -OCH3 is 1. The highest BCUT2D eigenvalue weighted by molar-refractivity contribution is 5.81. The summed E-state index contributed by atoms with van der Waals surface area (Å²) in [6, 6.07) is 9.05. The van der Waals surface area contributed by atoms with E-state index in [2.05, 4.69) is 22.3 Å². The summed E-state index contributed by atoms with van der Waals surface area (Å²) in [5.74, 6) is 1.18. The van der Waals surface area contributed by atoms with Crippen LogP contribution in [0.3, 0.4) is 0 Å². The molecule has 2 saturated heterocycles. The maximum absolute atomic E-state index is 12.5. The Balaban J connectivity index is 1.74. The monoisotopic (exact) mass is 286 g/mol. The highest BCUT2D eigenvalue weighted by Gasteiger charge is 2.57. The van der Waals surface area contributed by atoms with Gasteiger partial charge in [-0.15, -0.1) is 0 Å². The Hall–Kier alpha value is -1.55. The van der Waals surface area contributed by atoms with Gasteiger partial charge < -0.3 is 9.64 Å². The SMILES string of the molecule is COc1ccc([C@]23CCC(=O)N2[C@@H]2CCCC[C@H]2N3)cc1. The van der Waals surface area contributed by atoms with Crippen LogP contribution in [0.25, 0.3) is 0 Å². The molecule has 1 N–H and O–H groups in total. The molecule has 3 fully saturated rings. The fraction of sp³-hybridized carbons (Fsp3) is 0.588. The lowest BCUT2D eigenvalue weighted by Crippen LogP contribution is -2.47. The zero-order valence-electron chi connectivity index (χ0n) is 12.5. The molecular weight excluding hydrogens is 264 g/mol. The number of hydrogen-bond acceptors (Lipinski definition) is 3. The van der Waals surface area contributed by atoms with Gasteiger partial charge in [-0.2, -0.15) is 0 Å². The second-order valence-electron chi connectivity index (χ2n) is 6.46. The maximum Gasteiger partial charge on any atom is 0.224 e. The van der Waals surface area contributed by atoms with E-state index in [1.165, 1.54) is 24.8 Å². The first-order valence-electron chi connectivity index (χ1n) is 7.99. The Kier molecular flexibility index (Phi) is 2.96. The minimum absolute atomic E-state index is 0.275. The van der Waals surface area contributed by atoms with Crippen molar-refractivity contribution in [2.75, 3.05) is 7.11 Å². The van der Waals surface area contributed by atoms with Crippen LogP contribution >= 0.6 is 0 Å². The second kappa shape index (κ2) is 4.73. The predicted molar refractivity (Wildman–Crippen MR) is 79.9 cm³/mol. The van der Waals surface area contributed by atoms with E-state index in [1.807, 2.05) is 12.1 Å². The molecule has 0 unspecified atom stereocenters. The molecule has 0 spiro atoms. The lowest BCUT2D eigenvalue weighted by Gasteiger charge is -2.35. The van der Waals surface area contributed by atoms with Crippen molar-refractivity contribution in [3.63, 3.8) is 0 Å². The first kappa shape index (κ1) is 13.1. The van der Waals surface area contributed by atoms with Crippen LogP contribution in [0.5, 0.6) is 5.75 Å². The smallest absolute Gasteiger partial charge is 0.224 e. The van der Waals surface area contributed by atoms with Crippen molar-refractivity contribution in [1.29, 1.82) is 0 Å². The van der Waals surface area contributed by atoms with E-state index in [-0.39, 0.29) is 5.66 Å². The van der Waals surface area contributed by atoms with Crippen molar-refractivity contribution in [1.82, 2.24) is 10.2 Å². The molecule has 1 saturated carbocycles. The van der Waals surface area contributed by atoms with Crippen LogP contribution in [0.2, 0.25) is 0 Å². The first-order valence-corrected chi connectivity index (χ1v) is 7.99. The molecule has 4 rings (SSSR count). The molecule has 3 atom stereocenters. The Morgan fingerprint density at radius 3 is 2.76 bits per heavy atom. The molecule has 1 aliphatic carbocycles. The van der Waals surface area contributed by atoms with E-state index >= 15 is 0 Å². The van der Waals surface area contributed by atoms with E-state index in [9.17, 15) is 4.79 Å². The molecule has 1 amide bonds. The summed E-state index contributed by atoms with van der Waals surface area (Å²) >= 11 is 0. The summed E-state index contributed by atoms with van der Waals surface area (Å²) in [4.78, 5) is 14.6. The fourth-order valence-corrected chi connectivity index (χ4v) is 4.48. The number of ether oxygens (including phenoxy) is 1. The number of nitrogens with one attached hydrogen (secondary N) is 1. The zero-order chi connectivity index (χ0) is 14.4. The summed E-state index contributed by atoms with van der Waals surface area (Å²) < 4.78 is 5.26. The largest absolute Gasteiger partial charge is 0.497 e. The first-order chi connectivity index (χ1) is 10.2. The van der Waals surface area contributed by atoms with Crippen molar-refractivity contribution in [2.24, 2.45) is 0 Å². The van der Waals surface area contributed by atoms with Gasteiger partial charge in [0.05, 0.1) is 7.11 Å². The lowest BCUT2D eigenvalue weighted by atomic mass is 9.91. The van der Waals surface area contributed by atoms with Crippen LogP contribution in [-0.2, 0) is 10.5 Å². The van der Waals surface area contributed by atoms with Crippen LogP contribution in [0.4, 0.5) is 0 Å². The molecule has 4 heteroatoms. The van der Waals surface area contributed by atoms with E-state index < -0.39 is 0 Å². The number of carbonyl (C=O) groups is 1. The minimum Gasteiger partial charge on any atom is -0.497 e. The molecule has 112 valence electrons. The van der Waals surface area contributed by atoms with Crippen LogP contribution in [0.1, 0.15) is 44.1 Å². The van der Waals surface area contributed by atoms with E-state index in [0.29, 0.717) is 24.4 Å². The van der Waals surface area contributed by atoms with Gasteiger partial charge in [-0.25, -0.2) is 0 Å². The van der Waals surface area contributed by atoms with E-state index in [0.717, 1.165) is 18.6 Å². The topological polar surface area (TPSA) is 41.6 Å². The summed E-state index contributed by atoms with van der Waals surface area (Å²) in [5, 5.41) is 3.82. The Morgan fingerprint density at radius 1 is 1.24 bits per heavy atom. The molecular formula is C17H22N2O2. The van der Waals surface area contributed by atoms with Gasteiger partial charge >= 0.3 is 0 Å². The standard InChI is InChI=1S/C17H22N2O2/c1-21-13-8-6-12(7-9-13)17-11-10-16(20)19(17)15-5-3-2-4-14(15)18-17/h6-9,14-15,18H,2-5,10-11H2,1H3/t14-,15-,17+/m1/s1. The van der Waals surface area contributed by atoms with Gasteiger partial charge in [-0.3, -0.25) is 10.1 Å². The van der Waals surface area contributed by atoms with Crippen LogP contribution < -0.4 is 10.1 Å². The molecule has 2 heterocycles. The molecule has 3 aliphatic rings. The minimum atomic E-state index is -0.275. The van der Waals surface area contributed by atoms with Gasteiger partial charge in [0.15, 0.2) is 0 Å². The van der Waals surface area contributed by atoms with Crippen molar-refractivity contribution >= 4 is 5.91 Å². The highest BCUT2D eigenvalue weighted by Crippen LogP contribution is 2.47. The van der Waals surface area contributed by atoms with Gasteiger partial charge in [0.2, 0.25) is 5.91 Å². The number of fused-ring (bicyclic) bond motifs is 3. The molecule has 0 bridgehead atoms. The summed E-state index contributed by atoms with van der Waals surface area (Å²) in [7, 11) is 1.68. The molecule has 0 radical (unpaired) electrons. The normalized spacial score (nSPS) is 34.7. The van der Waals surface area contributed by atoms with E-state index in [1.54, 1.807) is 7.11 Å². The van der Waals surface area contributed by atoms with Crippen LogP contribution in [0, 0.1) is 0 Å². The average Bonchev–Trinajstić information content (AvgIpc) is 3.03. The van der Waals surface area contributed by atoms with Crippen molar-refractivity contribution < 1.29 is 9.53 Å². The quantitative estimate of drug-likeness (QED) is 0.907. The Morgan fingerprint density at radius 2 is 2.00 bits per heavy atom. The number of benzene rings is 1. The predicted octanol–water partition coefficient (Wildman–Crippen LogP) is 2.38. The third kappa shape index (κ3) is 1.81. The van der Waals surface area contributed by atoms with Crippen LogP contribution in [-0.4, -0.2) is 30.0 Å². The summed E-state index contributed by atoms with van der Waals surface area (Å²) in [5.41, 5.74) is 0.923. The average molecular weight is 286 g/mol. The van der Waals surface area contributed by atoms with Gasteiger partial charge in [-0.05, 0) is 37.0 Å². The van der Waals surface area contributed by atoms with Crippen molar-refractivity contribution in [2.45, 2.75) is 56.3 Å². The molecule has 1 aromatic carbocycles. The number of nitrogens with zero attached hydrogens (tertiary/aromatic N) is 1. The third-order valence-electron chi connectivity index (χ3n) is 5.43. The van der Waals surface area contributed by atoms with Gasteiger partial charge in [0.1, 0.15) is 11.4 Å². The summed E-state index contributed by atoms with van der Waals surface area (Å²) in [6.45, 7) is 0. The highest BCUT2D eigenvalue weighted by atomic mass is 16.5. The molecule has 2 aliphatic heterocycles. The lowest BCUT2D eigenvalue weighted by molar-refractivity contribution is -0.132. The summed E-state index contributed by atoms with van der Waals surface area (Å²) in [6.07, 6.45) is 6.38. The molecule has 1 aromatic rings. The number of carbonyl (C=O) groups excluding carboxylic acids is 1. The molecule has 4 nitrogen and oxygen atoms in total. The number of rotatable bonds is 2. The van der Waals surface area contributed by atoms with Gasteiger partial charge in [-0.1, -0.05) is 25.0 Å². The molecule has 0 aromatic heterocycles. The zero-order valence-corrected chi connectivity index (χ0v) is 12.5. The number of amides is 1. The van der Waals surface area contributed by atoms with Gasteiger partial charge in [0.25, 0.3) is 0 Å². The van der Waals surface area contributed by atoms with E-state index in [4.69, 9.17) is 4.74 Å². The second-order valence-corrected chi connectivity index (χ2v) is 6.46. The molecule has 21 heavy (non-hydrogen) atoms. The van der Waals surface area contributed by atoms with Crippen molar-refractivity contribution in [3.8, 4) is 5.75 Å². The third-order valence-corrected chi connectivity index (χ3v) is 5.43. The maximum atomic E-state index is 12.5. The Labute approximate surface area is 125 Å². The Bertz CT molecular complexity index is 556. The fourth-order valence-electron chi connectivity index (χ4n) is 4.48. The van der Waals surface area contributed by atoms with Crippen LogP contribution in [0.15, 0.2) is 24.3 Å². The van der Waals surface area contributed by atoms with Crippen molar-refractivity contribution in [3.05, 3.63) is 29.8 Å². The number of hydrogen-bond donors (Lipinski definition) is 1. The van der Waals surface area contributed by atoms with Gasteiger partial charge in [0, 0.05) is 18.5 Å².